The van der Waals surface area contributed by atoms with Crippen LogP contribution in [-0.2, 0) is 4.79 Å². The van der Waals surface area contributed by atoms with Crippen LogP contribution >= 0.6 is 11.8 Å². The smallest absolute Gasteiger partial charge is 0.253 e. The fourth-order valence-corrected chi connectivity index (χ4v) is 4.32. The number of nitrogens with zero attached hydrogens (tertiary/aromatic N) is 6. The van der Waals surface area contributed by atoms with Crippen LogP contribution in [0, 0.1) is 0 Å². The van der Waals surface area contributed by atoms with Crippen molar-refractivity contribution in [3.63, 3.8) is 0 Å². The molecule has 0 atom stereocenters. The third-order valence-electron chi connectivity index (χ3n) is 4.90. The highest BCUT2D eigenvalue weighted by atomic mass is 32.2. The van der Waals surface area contributed by atoms with Gasteiger partial charge in [0.25, 0.3) is 5.91 Å². The zero-order valence-electron chi connectivity index (χ0n) is 14.6. The normalized spacial score (nSPS) is 18.2. The van der Waals surface area contributed by atoms with Crippen LogP contribution in [0.1, 0.15) is 50.1 Å². The summed E-state index contributed by atoms with van der Waals surface area (Å²) >= 11 is 1.41. The van der Waals surface area contributed by atoms with E-state index in [9.17, 15) is 4.79 Å². The van der Waals surface area contributed by atoms with Crippen molar-refractivity contribution in [2.24, 2.45) is 5.10 Å². The van der Waals surface area contributed by atoms with Gasteiger partial charge >= 0.3 is 0 Å². The number of hydrazone groups is 1. The third-order valence-corrected chi connectivity index (χ3v) is 5.82. The molecule has 0 unspecified atom stereocenters. The minimum atomic E-state index is -0.000810. The van der Waals surface area contributed by atoms with Crippen molar-refractivity contribution in [1.29, 1.82) is 0 Å². The van der Waals surface area contributed by atoms with Crippen LogP contribution in [0.2, 0.25) is 0 Å². The molecular weight excluding hydrogens is 348 g/mol. The Morgan fingerprint density at radius 1 is 1.15 bits per heavy atom. The molecule has 0 radical (unpaired) electrons. The number of hydrogen-bond donors (Lipinski definition) is 0. The van der Waals surface area contributed by atoms with Gasteiger partial charge < -0.3 is 0 Å². The fraction of sp³-hybridized carbons (Fsp3) is 0.500. The summed E-state index contributed by atoms with van der Waals surface area (Å²) in [7, 11) is 0. The minimum absolute atomic E-state index is 0.000810. The summed E-state index contributed by atoms with van der Waals surface area (Å²) in [6.07, 6.45) is 6.75. The number of rotatable bonds is 5. The minimum Gasteiger partial charge on any atom is -0.272 e. The number of carbonyl (C=O) groups excluding carboxylic acids is 1. The van der Waals surface area contributed by atoms with E-state index in [1.54, 1.807) is 5.01 Å². The summed E-state index contributed by atoms with van der Waals surface area (Å²) in [5.74, 6) is 0.303. The molecule has 1 aromatic carbocycles. The highest BCUT2D eigenvalue weighted by Gasteiger charge is 2.24. The highest BCUT2D eigenvalue weighted by Crippen LogP contribution is 2.30. The Bertz CT molecular complexity index is 784. The number of carbonyl (C=O) groups is 1. The van der Waals surface area contributed by atoms with E-state index in [0.717, 1.165) is 35.7 Å². The Labute approximate surface area is 156 Å². The number of benzene rings is 1. The van der Waals surface area contributed by atoms with Crippen LogP contribution in [0.15, 0.2) is 40.6 Å². The lowest BCUT2D eigenvalue weighted by Gasteiger charge is -2.22. The topological polar surface area (TPSA) is 76.3 Å². The number of hydrogen-bond acceptors (Lipinski definition) is 6. The van der Waals surface area contributed by atoms with E-state index in [1.165, 1.54) is 31.0 Å². The zero-order valence-corrected chi connectivity index (χ0v) is 15.4. The molecule has 7 nitrogen and oxygen atoms in total. The monoisotopic (exact) mass is 370 g/mol. The summed E-state index contributed by atoms with van der Waals surface area (Å²) in [5, 5.41) is 18.9. The molecule has 1 saturated carbocycles. The summed E-state index contributed by atoms with van der Waals surface area (Å²) in [5.41, 5.74) is 2.05. The predicted octanol–water partition coefficient (Wildman–Crippen LogP) is 2.91. The molecule has 26 heavy (non-hydrogen) atoms. The number of amides is 1. The van der Waals surface area contributed by atoms with E-state index in [4.69, 9.17) is 0 Å². The molecule has 1 amide bonds. The Hall–Kier alpha value is -2.22. The highest BCUT2D eigenvalue weighted by molar-refractivity contribution is 7.99. The Kier molecular flexibility index (Phi) is 5.29. The molecule has 2 heterocycles. The molecule has 8 heteroatoms. The van der Waals surface area contributed by atoms with Crippen molar-refractivity contribution in [2.75, 3.05) is 12.3 Å². The van der Waals surface area contributed by atoms with Gasteiger partial charge in [-0.2, -0.15) is 5.10 Å². The number of aromatic nitrogens is 4. The van der Waals surface area contributed by atoms with Crippen molar-refractivity contribution in [2.45, 2.75) is 49.7 Å². The van der Waals surface area contributed by atoms with Gasteiger partial charge in [-0.15, -0.1) is 5.10 Å². The molecule has 2 aromatic rings. The molecule has 136 valence electrons. The Morgan fingerprint density at radius 3 is 2.77 bits per heavy atom. The van der Waals surface area contributed by atoms with Gasteiger partial charge in [0.15, 0.2) is 0 Å². The molecule has 0 N–H and O–H groups in total. The first-order chi connectivity index (χ1) is 12.8. The first kappa shape index (κ1) is 17.2. The largest absolute Gasteiger partial charge is 0.272 e. The third kappa shape index (κ3) is 3.80. The van der Waals surface area contributed by atoms with Gasteiger partial charge in [-0.25, -0.2) is 9.69 Å². The molecule has 0 saturated heterocycles. The lowest BCUT2D eigenvalue weighted by Crippen LogP contribution is -2.25. The molecular formula is C18H22N6OS. The maximum absolute atomic E-state index is 12.5. The average molecular weight is 370 g/mol. The molecule has 1 aliphatic heterocycles. The first-order valence-corrected chi connectivity index (χ1v) is 10.1. The second-order valence-electron chi connectivity index (χ2n) is 6.67. The molecule has 1 aromatic heterocycles. The maximum Gasteiger partial charge on any atom is 0.253 e. The van der Waals surface area contributed by atoms with E-state index in [-0.39, 0.29) is 5.91 Å². The van der Waals surface area contributed by atoms with Crippen LogP contribution < -0.4 is 0 Å². The van der Waals surface area contributed by atoms with Gasteiger partial charge in [0.05, 0.1) is 24.1 Å². The van der Waals surface area contributed by atoms with Gasteiger partial charge in [0.2, 0.25) is 5.16 Å². The van der Waals surface area contributed by atoms with Crippen LogP contribution in [0.25, 0.3) is 0 Å². The average Bonchev–Trinajstić information content (AvgIpc) is 3.37. The van der Waals surface area contributed by atoms with Gasteiger partial charge in [-0.05, 0) is 28.8 Å². The van der Waals surface area contributed by atoms with Crippen molar-refractivity contribution in [1.82, 2.24) is 25.2 Å². The van der Waals surface area contributed by atoms with E-state index in [2.05, 4.69) is 20.6 Å². The summed E-state index contributed by atoms with van der Waals surface area (Å²) in [6, 6.07) is 10.4. The number of tetrazole rings is 1. The van der Waals surface area contributed by atoms with E-state index in [0.29, 0.717) is 18.3 Å². The SMILES string of the molecule is O=C(CSc1nnnn1C1CCCCC1)N1CCC(c2ccccc2)=N1. The van der Waals surface area contributed by atoms with Gasteiger partial charge in [-0.1, -0.05) is 61.4 Å². The van der Waals surface area contributed by atoms with E-state index >= 15 is 0 Å². The molecule has 0 spiro atoms. The standard InChI is InChI=1S/C18H22N6OS/c25-17(23-12-11-16(20-23)14-7-3-1-4-8-14)13-26-18-19-21-22-24(18)15-9-5-2-6-10-15/h1,3-4,7-8,15H,2,5-6,9-13H2. The summed E-state index contributed by atoms with van der Waals surface area (Å²) in [4.78, 5) is 12.5. The molecule has 4 rings (SSSR count). The maximum atomic E-state index is 12.5. The Morgan fingerprint density at radius 2 is 1.96 bits per heavy atom. The van der Waals surface area contributed by atoms with Gasteiger partial charge in [0, 0.05) is 6.42 Å². The van der Waals surface area contributed by atoms with Crippen molar-refractivity contribution in [3.05, 3.63) is 35.9 Å². The lowest BCUT2D eigenvalue weighted by atomic mass is 9.96. The quantitative estimate of drug-likeness (QED) is 0.757. The van der Waals surface area contributed by atoms with Crippen LogP contribution in [0.3, 0.4) is 0 Å². The van der Waals surface area contributed by atoms with Crippen molar-refractivity contribution in [3.8, 4) is 0 Å². The summed E-state index contributed by atoms with van der Waals surface area (Å²) in [6.45, 7) is 0.636. The zero-order chi connectivity index (χ0) is 17.8. The predicted molar refractivity (Wildman–Crippen MR) is 100.0 cm³/mol. The van der Waals surface area contributed by atoms with E-state index < -0.39 is 0 Å². The second-order valence-corrected chi connectivity index (χ2v) is 7.61. The number of thioether (sulfide) groups is 1. The summed E-state index contributed by atoms with van der Waals surface area (Å²) < 4.78 is 1.90. The van der Waals surface area contributed by atoms with Crippen LogP contribution in [-0.4, -0.2) is 49.1 Å². The van der Waals surface area contributed by atoms with Crippen molar-refractivity contribution >= 4 is 23.4 Å². The molecule has 1 fully saturated rings. The van der Waals surface area contributed by atoms with Gasteiger partial charge in [0.1, 0.15) is 0 Å². The van der Waals surface area contributed by atoms with Crippen molar-refractivity contribution < 1.29 is 4.79 Å². The molecule has 1 aliphatic carbocycles. The van der Waals surface area contributed by atoms with Crippen LogP contribution in [0.5, 0.6) is 0 Å². The van der Waals surface area contributed by atoms with E-state index in [1.807, 2.05) is 35.0 Å². The van der Waals surface area contributed by atoms with Gasteiger partial charge in [-0.3, -0.25) is 4.79 Å². The second kappa shape index (κ2) is 7.99. The fourth-order valence-electron chi connectivity index (χ4n) is 3.51. The molecule has 0 bridgehead atoms. The lowest BCUT2D eigenvalue weighted by molar-refractivity contribution is -0.127. The first-order valence-electron chi connectivity index (χ1n) is 9.15. The Balaban J connectivity index is 1.36. The van der Waals surface area contributed by atoms with Crippen LogP contribution in [0.4, 0.5) is 0 Å². The molecule has 2 aliphatic rings.